The predicted molar refractivity (Wildman–Crippen MR) is 69.0 cm³/mol. The van der Waals surface area contributed by atoms with E-state index in [2.05, 4.69) is 11.9 Å². The number of carboxylic acids is 1. The van der Waals surface area contributed by atoms with Gasteiger partial charge in [-0.1, -0.05) is 0 Å². The lowest BCUT2D eigenvalue weighted by Gasteiger charge is -2.16. The van der Waals surface area contributed by atoms with Gasteiger partial charge in [0.2, 0.25) is 0 Å². The summed E-state index contributed by atoms with van der Waals surface area (Å²) < 4.78 is 5.56. The number of anilines is 1. The van der Waals surface area contributed by atoms with Crippen LogP contribution in [0.5, 0.6) is 5.75 Å². The summed E-state index contributed by atoms with van der Waals surface area (Å²) >= 11 is 0. The number of carboxylic acid groups (broad SMARTS) is 1. The molecule has 98 valence electrons. The minimum absolute atomic E-state index is 0.109. The van der Waals surface area contributed by atoms with Gasteiger partial charge in [0.1, 0.15) is 12.4 Å². The number of carbonyl (C=O) groups is 1. The van der Waals surface area contributed by atoms with Crippen LogP contribution in [0.4, 0.5) is 5.69 Å². The van der Waals surface area contributed by atoms with Gasteiger partial charge >= 0.3 is 5.97 Å². The van der Waals surface area contributed by atoms with Gasteiger partial charge in [0.25, 0.3) is 0 Å². The Morgan fingerprint density at radius 3 is 2.83 bits per heavy atom. The zero-order valence-electron chi connectivity index (χ0n) is 10.4. The number of nitrogens with zero attached hydrogens (tertiary/aromatic N) is 1. The number of ether oxygens (including phenoxy) is 1. The fourth-order valence-electron chi connectivity index (χ4n) is 1.83. The van der Waals surface area contributed by atoms with Crippen LogP contribution >= 0.6 is 0 Å². The van der Waals surface area contributed by atoms with Crippen molar-refractivity contribution in [2.24, 2.45) is 0 Å². The maximum absolute atomic E-state index is 10.8. The van der Waals surface area contributed by atoms with E-state index < -0.39 is 5.97 Å². The van der Waals surface area contributed by atoms with E-state index in [1.165, 1.54) is 18.9 Å². The molecule has 0 aliphatic heterocycles. The first-order valence-electron chi connectivity index (χ1n) is 6.04. The minimum Gasteiger partial charge on any atom is -0.492 e. The van der Waals surface area contributed by atoms with Gasteiger partial charge in [0.05, 0.1) is 5.56 Å². The molecule has 2 rings (SSSR count). The second kappa shape index (κ2) is 5.27. The van der Waals surface area contributed by atoms with Crippen molar-refractivity contribution in [3.8, 4) is 5.75 Å². The quantitative estimate of drug-likeness (QED) is 0.747. The number of aromatic carboxylic acids is 1. The Labute approximate surface area is 106 Å². The van der Waals surface area contributed by atoms with Crippen LogP contribution in [0.1, 0.15) is 23.2 Å². The first-order chi connectivity index (χ1) is 8.58. The van der Waals surface area contributed by atoms with Crippen LogP contribution in [0.15, 0.2) is 18.2 Å². The Balaban J connectivity index is 1.85. The summed E-state index contributed by atoms with van der Waals surface area (Å²) in [5.41, 5.74) is 5.98. The molecule has 0 unspecified atom stereocenters. The van der Waals surface area contributed by atoms with E-state index in [0.29, 0.717) is 18.4 Å². The Morgan fingerprint density at radius 2 is 2.28 bits per heavy atom. The zero-order valence-corrected chi connectivity index (χ0v) is 10.4. The molecule has 0 radical (unpaired) electrons. The molecule has 0 atom stereocenters. The van der Waals surface area contributed by atoms with Gasteiger partial charge < -0.3 is 20.5 Å². The number of benzene rings is 1. The maximum atomic E-state index is 10.8. The summed E-state index contributed by atoms with van der Waals surface area (Å²) in [5, 5.41) is 8.85. The van der Waals surface area contributed by atoms with Gasteiger partial charge in [0.15, 0.2) is 0 Å². The van der Waals surface area contributed by atoms with E-state index in [4.69, 9.17) is 15.6 Å². The summed E-state index contributed by atoms with van der Waals surface area (Å²) in [6.45, 7) is 1.45. The molecule has 1 fully saturated rings. The Hall–Kier alpha value is -1.75. The molecule has 1 aromatic rings. The van der Waals surface area contributed by atoms with Gasteiger partial charge in [-0.15, -0.1) is 0 Å². The van der Waals surface area contributed by atoms with Crippen LogP contribution in [-0.4, -0.2) is 42.2 Å². The molecule has 0 bridgehead atoms. The van der Waals surface area contributed by atoms with Gasteiger partial charge in [-0.25, -0.2) is 4.79 Å². The molecule has 1 aliphatic rings. The molecule has 1 aliphatic carbocycles. The van der Waals surface area contributed by atoms with Crippen LogP contribution in [0.2, 0.25) is 0 Å². The van der Waals surface area contributed by atoms with Crippen molar-refractivity contribution < 1.29 is 14.6 Å². The van der Waals surface area contributed by atoms with Crippen LogP contribution in [0, 0.1) is 0 Å². The molecule has 0 saturated heterocycles. The van der Waals surface area contributed by atoms with E-state index in [0.717, 1.165) is 6.54 Å². The van der Waals surface area contributed by atoms with Crippen molar-refractivity contribution in [2.45, 2.75) is 18.9 Å². The SMILES string of the molecule is CN(CCOc1ccc(C(=O)O)c(N)c1)C1CC1. The molecule has 1 saturated carbocycles. The highest BCUT2D eigenvalue weighted by molar-refractivity contribution is 5.93. The Bertz CT molecular complexity index is 444. The Kier molecular flexibility index (Phi) is 3.72. The largest absolute Gasteiger partial charge is 0.492 e. The molecule has 5 nitrogen and oxygen atoms in total. The fourth-order valence-corrected chi connectivity index (χ4v) is 1.83. The van der Waals surface area contributed by atoms with Crippen molar-refractivity contribution >= 4 is 11.7 Å². The molecule has 5 heteroatoms. The highest BCUT2D eigenvalue weighted by atomic mass is 16.5. The fraction of sp³-hybridized carbons (Fsp3) is 0.462. The lowest BCUT2D eigenvalue weighted by atomic mass is 10.2. The highest BCUT2D eigenvalue weighted by Gasteiger charge is 2.25. The monoisotopic (exact) mass is 250 g/mol. The summed E-state index contributed by atoms with van der Waals surface area (Å²) in [4.78, 5) is 13.1. The van der Waals surface area contributed by atoms with Crippen LogP contribution < -0.4 is 10.5 Å². The van der Waals surface area contributed by atoms with E-state index >= 15 is 0 Å². The summed E-state index contributed by atoms with van der Waals surface area (Å²) in [6.07, 6.45) is 2.55. The average Bonchev–Trinajstić information content (AvgIpc) is 3.12. The summed E-state index contributed by atoms with van der Waals surface area (Å²) in [6, 6.07) is 5.38. The number of nitrogens with two attached hydrogens (primary N) is 1. The number of rotatable bonds is 6. The highest BCUT2D eigenvalue weighted by Crippen LogP contribution is 2.25. The standard InChI is InChI=1S/C13H18N2O3/c1-15(9-2-3-9)6-7-18-10-4-5-11(13(16)17)12(14)8-10/h4-5,8-9H,2-3,6-7,14H2,1H3,(H,16,17). The van der Waals surface area contributed by atoms with E-state index in [-0.39, 0.29) is 11.3 Å². The van der Waals surface area contributed by atoms with Crippen molar-refractivity contribution in [3.05, 3.63) is 23.8 Å². The molecular formula is C13H18N2O3. The molecule has 1 aromatic carbocycles. The molecule has 3 N–H and O–H groups in total. The van der Waals surface area contributed by atoms with Gasteiger partial charge in [-0.3, -0.25) is 0 Å². The van der Waals surface area contributed by atoms with E-state index in [9.17, 15) is 4.79 Å². The molecule has 0 spiro atoms. The lowest BCUT2D eigenvalue weighted by molar-refractivity contribution is 0.0698. The normalized spacial score (nSPS) is 14.8. The second-order valence-electron chi connectivity index (χ2n) is 4.61. The van der Waals surface area contributed by atoms with Crippen molar-refractivity contribution in [2.75, 3.05) is 25.9 Å². The van der Waals surface area contributed by atoms with Crippen LogP contribution in [-0.2, 0) is 0 Å². The first-order valence-corrected chi connectivity index (χ1v) is 6.04. The van der Waals surface area contributed by atoms with Gasteiger partial charge in [-0.2, -0.15) is 0 Å². The Morgan fingerprint density at radius 1 is 1.56 bits per heavy atom. The minimum atomic E-state index is -1.02. The first kappa shape index (κ1) is 12.7. The van der Waals surface area contributed by atoms with Crippen molar-refractivity contribution in [1.29, 1.82) is 0 Å². The number of likely N-dealkylation sites (N-methyl/N-ethyl adjacent to an activating group) is 1. The topological polar surface area (TPSA) is 75.8 Å². The van der Waals surface area contributed by atoms with Crippen LogP contribution in [0.25, 0.3) is 0 Å². The lowest BCUT2D eigenvalue weighted by Crippen LogP contribution is -2.26. The van der Waals surface area contributed by atoms with Crippen molar-refractivity contribution in [3.63, 3.8) is 0 Å². The molecular weight excluding hydrogens is 232 g/mol. The molecule has 0 amide bonds. The molecule has 18 heavy (non-hydrogen) atoms. The predicted octanol–water partition coefficient (Wildman–Crippen LogP) is 1.44. The second-order valence-corrected chi connectivity index (χ2v) is 4.61. The smallest absolute Gasteiger partial charge is 0.337 e. The third-order valence-corrected chi connectivity index (χ3v) is 3.14. The number of hydrogen-bond acceptors (Lipinski definition) is 4. The zero-order chi connectivity index (χ0) is 13.1. The van der Waals surface area contributed by atoms with E-state index in [1.807, 2.05) is 0 Å². The average molecular weight is 250 g/mol. The van der Waals surface area contributed by atoms with Crippen LogP contribution in [0.3, 0.4) is 0 Å². The summed E-state index contributed by atoms with van der Waals surface area (Å²) in [5.74, 6) is -0.408. The third kappa shape index (κ3) is 3.13. The van der Waals surface area contributed by atoms with Gasteiger partial charge in [-0.05, 0) is 32.0 Å². The maximum Gasteiger partial charge on any atom is 0.337 e. The molecule has 0 heterocycles. The van der Waals surface area contributed by atoms with Crippen molar-refractivity contribution in [1.82, 2.24) is 4.90 Å². The number of hydrogen-bond donors (Lipinski definition) is 2. The summed E-state index contributed by atoms with van der Waals surface area (Å²) in [7, 11) is 2.09. The third-order valence-electron chi connectivity index (χ3n) is 3.14. The molecule has 0 aromatic heterocycles. The number of nitrogen functional groups attached to an aromatic ring is 1. The van der Waals surface area contributed by atoms with E-state index in [1.54, 1.807) is 12.1 Å². The van der Waals surface area contributed by atoms with Gasteiger partial charge in [0, 0.05) is 24.3 Å².